The minimum atomic E-state index is -4.51. The van der Waals surface area contributed by atoms with Crippen LogP contribution in [0, 0.1) is 0 Å². The van der Waals surface area contributed by atoms with Crippen molar-refractivity contribution < 1.29 is 27.5 Å². The van der Waals surface area contributed by atoms with Gasteiger partial charge in [-0.05, 0) is 28.5 Å². The average molecular weight is 520 g/mol. The van der Waals surface area contributed by atoms with Crippen LogP contribution >= 0.6 is 0 Å². The number of nitrogens with two attached hydrogens (primary N) is 1. The van der Waals surface area contributed by atoms with Crippen LogP contribution in [0.5, 0.6) is 0 Å². The third-order valence-corrected chi connectivity index (χ3v) is 9.38. The van der Waals surface area contributed by atoms with Crippen LogP contribution in [-0.4, -0.2) is 25.8 Å². The highest BCUT2D eigenvalue weighted by atomic mass is 32.2. The quantitative estimate of drug-likeness (QED) is 0.421. The maximum absolute atomic E-state index is 14.6. The molecular formula is C30H17NO6S. The van der Waals surface area contributed by atoms with Crippen molar-refractivity contribution in [3.63, 3.8) is 0 Å². The summed E-state index contributed by atoms with van der Waals surface area (Å²) in [5.41, 5.74) is 4.46. The van der Waals surface area contributed by atoms with Gasteiger partial charge in [0.1, 0.15) is 10.3 Å². The highest BCUT2D eigenvalue weighted by Crippen LogP contribution is 2.58. The van der Waals surface area contributed by atoms with Crippen molar-refractivity contribution in [2.24, 2.45) is 5.73 Å². The topological polar surface area (TPSA) is 121 Å². The summed E-state index contributed by atoms with van der Waals surface area (Å²) in [6, 6.07) is 23.8. The summed E-state index contributed by atoms with van der Waals surface area (Å²) >= 11 is 0. The lowest BCUT2D eigenvalue weighted by Crippen LogP contribution is -2.49. The normalized spacial score (nSPS) is 20.2. The molecule has 0 amide bonds. The molecule has 0 saturated carbocycles. The molecule has 7 rings (SSSR count). The summed E-state index contributed by atoms with van der Waals surface area (Å²) < 4.78 is 34.3. The Hall–Kier alpha value is -4.82. The van der Waals surface area contributed by atoms with Gasteiger partial charge in [-0.25, -0.2) is 8.42 Å². The van der Waals surface area contributed by atoms with Crippen molar-refractivity contribution in [3.05, 3.63) is 135 Å². The third-order valence-electron chi connectivity index (χ3n) is 7.44. The zero-order valence-electron chi connectivity index (χ0n) is 19.6. The number of hydrogen-bond acceptors (Lipinski definition) is 7. The fourth-order valence-corrected chi connectivity index (χ4v) is 7.70. The first-order valence-corrected chi connectivity index (χ1v) is 13.3. The number of Topliss-reactive ketones (excluding diaryl/α,β-unsaturated/α-hetero) is 3. The molecule has 4 aromatic rings. The maximum atomic E-state index is 14.6. The number of fused-ring (bicyclic) bond motifs is 3. The SMILES string of the molecule is NC1=C(S(=O)(=O)c2ccccc2)C2(C(=O)c3cccc4cccc2c34)C2=C(O1)C(=O)c1ccccc1C2=O. The van der Waals surface area contributed by atoms with Gasteiger partial charge in [-0.1, -0.05) is 78.9 Å². The van der Waals surface area contributed by atoms with Crippen molar-refractivity contribution >= 4 is 38.0 Å². The van der Waals surface area contributed by atoms with E-state index in [1.54, 1.807) is 66.7 Å². The number of benzene rings is 4. The highest BCUT2D eigenvalue weighted by molar-refractivity contribution is 7.95. The second-order valence-electron chi connectivity index (χ2n) is 9.31. The van der Waals surface area contributed by atoms with Gasteiger partial charge < -0.3 is 10.5 Å². The zero-order valence-corrected chi connectivity index (χ0v) is 20.4. The number of sulfone groups is 1. The van der Waals surface area contributed by atoms with E-state index in [1.165, 1.54) is 24.3 Å². The summed E-state index contributed by atoms with van der Waals surface area (Å²) in [6.45, 7) is 0. The lowest BCUT2D eigenvalue weighted by atomic mass is 9.66. The maximum Gasteiger partial charge on any atom is 0.229 e. The molecule has 0 radical (unpaired) electrons. The van der Waals surface area contributed by atoms with Crippen LogP contribution in [0.1, 0.15) is 36.6 Å². The Labute approximate surface area is 216 Å². The van der Waals surface area contributed by atoms with Gasteiger partial charge in [-0.2, -0.15) is 0 Å². The molecule has 8 heteroatoms. The van der Waals surface area contributed by atoms with Gasteiger partial charge in [0.05, 0.1) is 10.5 Å². The van der Waals surface area contributed by atoms with Gasteiger partial charge >= 0.3 is 0 Å². The van der Waals surface area contributed by atoms with Crippen LogP contribution in [0.4, 0.5) is 0 Å². The van der Waals surface area contributed by atoms with Gasteiger partial charge in [0, 0.05) is 16.7 Å². The van der Waals surface area contributed by atoms with Crippen molar-refractivity contribution in [2.75, 3.05) is 0 Å². The van der Waals surface area contributed by atoms with Crippen LogP contribution in [0.2, 0.25) is 0 Å². The van der Waals surface area contributed by atoms with Gasteiger partial charge in [0.25, 0.3) is 0 Å². The number of ether oxygens (including phenoxy) is 1. The fraction of sp³-hybridized carbons (Fsp3) is 0.0333. The minimum absolute atomic E-state index is 0.0621. The van der Waals surface area contributed by atoms with Crippen molar-refractivity contribution in [3.8, 4) is 0 Å². The molecule has 0 bridgehead atoms. The zero-order chi connectivity index (χ0) is 26.4. The predicted octanol–water partition coefficient (Wildman–Crippen LogP) is 4.24. The molecular weight excluding hydrogens is 502 g/mol. The smallest absolute Gasteiger partial charge is 0.229 e. The van der Waals surface area contributed by atoms with Gasteiger partial charge in [-0.15, -0.1) is 0 Å². The molecule has 38 heavy (non-hydrogen) atoms. The van der Waals surface area contributed by atoms with Gasteiger partial charge in [0.2, 0.25) is 21.5 Å². The molecule has 1 aliphatic heterocycles. The van der Waals surface area contributed by atoms with E-state index < -0.39 is 49.1 Å². The average Bonchev–Trinajstić information content (AvgIpc) is 3.17. The van der Waals surface area contributed by atoms with E-state index in [-0.39, 0.29) is 32.7 Å². The van der Waals surface area contributed by atoms with E-state index in [1.807, 2.05) is 0 Å². The first-order chi connectivity index (χ1) is 18.3. The Morgan fingerprint density at radius 3 is 2.00 bits per heavy atom. The summed E-state index contributed by atoms with van der Waals surface area (Å²) in [5, 5.41) is 1.19. The van der Waals surface area contributed by atoms with Crippen LogP contribution in [0.15, 0.2) is 118 Å². The fourth-order valence-electron chi connectivity index (χ4n) is 5.94. The van der Waals surface area contributed by atoms with E-state index in [0.717, 1.165) is 0 Å². The van der Waals surface area contributed by atoms with E-state index in [2.05, 4.69) is 0 Å². The Kier molecular flexibility index (Phi) is 4.34. The lowest BCUT2D eigenvalue weighted by Gasteiger charge is -2.39. The molecule has 1 heterocycles. The molecule has 7 nitrogen and oxygen atoms in total. The Morgan fingerprint density at radius 1 is 0.684 bits per heavy atom. The van der Waals surface area contributed by atoms with E-state index in [0.29, 0.717) is 10.8 Å². The van der Waals surface area contributed by atoms with E-state index in [4.69, 9.17) is 10.5 Å². The largest absolute Gasteiger partial charge is 0.436 e. The number of rotatable bonds is 2. The molecule has 0 aromatic heterocycles. The van der Waals surface area contributed by atoms with Crippen LogP contribution in [-0.2, 0) is 20.0 Å². The van der Waals surface area contributed by atoms with E-state index >= 15 is 0 Å². The highest BCUT2D eigenvalue weighted by Gasteiger charge is 2.64. The number of carbonyl (C=O) groups excluding carboxylic acids is 3. The Bertz CT molecular complexity index is 1970. The van der Waals surface area contributed by atoms with Gasteiger partial charge in [-0.3, -0.25) is 14.4 Å². The second kappa shape index (κ2) is 7.36. The van der Waals surface area contributed by atoms with Crippen molar-refractivity contribution in [1.29, 1.82) is 0 Å². The van der Waals surface area contributed by atoms with Crippen molar-refractivity contribution in [1.82, 2.24) is 0 Å². The molecule has 4 aromatic carbocycles. The second-order valence-corrected chi connectivity index (χ2v) is 11.2. The number of ketones is 3. The molecule has 3 aliphatic rings. The molecule has 2 aliphatic carbocycles. The van der Waals surface area contributed by atoms with Gasteiger partial charge in [0.15, 0.2) is 17.3 Å². The monoisotopic (exact) mass is 519 g/mol. The van der Waals surface area contributed by atoms with E-state index in [9.17, 15) is 22.8 Å². The Morgan fingerprint density at radius 2 is 1.29 bits per heavy atom. The van der Waals surface area contributed by atoms with Crippen molar-refractivity contribution in [2.45, 2.75) is 10.3 Å². The number of carbonyl (C=O) groups is 3. The van der Waals surface area contributed by atoms with Crippen LogP contribution < -0.4 is 5.73 Å². The third kappa shape index (κ3) is 2.52. The molecule has 1 spiro atoms. The summed E-state index contributed by atoms with van der Waals surface area (Å²) in [5.74, 6) is -3.02. The number of allylic oxidation sites excluding steroid dienone is 3. The summed E-state index contributed by atoms with van der Waals surface area (Å²) in [6.07, 6.45) is 0. The first-order valence-electron chi connectivity index (χ1n) is 11.8. The first kappa shape index (κ1) is 22.4. The predicted molar refractivity (Wildman–Crippen MR) is 138 cm³/mol. The number of hydrogen-bond donors (Lipinski definition) is 1. The summed E-state index contributed by atoms with van der Waals surface area (Å²) in [4.78, 5) is 41.8. The van der Waals surface area contributed by atoms with Crippen LogP contribution in [0.3, 0.4) is 0 Å². The molecule has 184 valence electrons. The molecule has 1 atom stereocenters. The Balaban J connectivity index is 1.66. The molecule has 0 fully saturated rings. The molecule has 1 unspecified atom stereocenters. The standard InChI is InChI=1S/C30H17NO6S/c31-29-28(38(35,36)17-10-2-1-3-11-17)30(21-15-7-9-16-8-6-14-20(22(16)21)27(30)34)23-24(32)18-12-4-5-13-19(18)25(33)26(23)37-29/h1-15H,31H2. The molecule has 0 saturated heterocycles. The van der Waals surface area contributed by atoms with Crippen LogP contribution in [0.25, 0.3) is 10.8 Å². The minimum Gasteiger partial charge on any atom is -0.436 e. The lowest BCUT2D eigenvalue weighted by molar-refractivity contribution is 0.0840. The summed E-state index contributed by atoms with van der Waals surface area (Å²) in [7, 11) is -4.51. The molecule has 2 N–H and O–H groups in total.